The second-order valence-corrected chi connectivity index (χ2v) is 8.19. The lowest BCUT2D eigenvalue weighted by Crippen LogP contribution is -2.57. The minimum absolute atomic E-state index is 0.120. The molecule has 3 amide bonds. The lowest BCUT2D eigenvalue weighted by Gasteiger charge is -2.30. The number of carboxylic acids is 2. The van der Waals surface area contributed by atoms with Gasteiger partial charge in [0.15, 0.2) is 5.96 Å². The van der Waals surface area contributed by atoms with Crippen LogP contribution in [0.1, 0.15) is 38.5 Å². The molecule has 15 heteroatoms. The molecule has 0 saturated carbocycles. The van der Waals surface area contributed by atoms with Gasteiger partial charge in [-0.25, -0.2) is 4.79 Å². The first kappa shape index (κ1) is 29.0. The van der Waals surface area contributed by atoms with Gasteiger partial charge in [0.2, 0.25) is 17.7 Å². The molecule has 0 spiro atoms. The number of nitrogens with zero attached hydrogens (tertiary/aromatic N) is 2. The predicted molar refractivity (Wildman–Crippen MR) is 125 cm³/mol. The van der Waals surface area contributed by atoms with E-state index in [0.29, 0.717) is 19.3 Å². The summed E-state index contributed by atoms with van der Waals surface area (Å²) in [4.78, 5) is 65.5. The molecule has 0 aromatic carbocycles. The summed E-state index contributed by atoms with van der Waals surface area (Å²) in [5.41, 5.74) is 16.3. The monoisotopic (exact) mass is 503 g/mol. The molecular weight excluding hydrogens is 470 g/mol. The second kappa shape index (κ2) is 14.2. The highest BCUT2D eigenvalue weighted by atomic mass is 32.1. The van der Waals surface area contributed by atoms with Gasteiger partial charge in [0, 0.05) is 25.3 Å². The Morgan fingerprint density at radius 2 is 1.76 bits per heavy atom. The van der Waals surface area contributed by atoms with E-state index in [2.05, 4.69) is 28.3 Å². The van der Waals surface area contributed by atoms with Gasteiger partial charge < -0.3 is 42.9 Å². The van der Waals surface area contributed by atoms with Crippen LogP contribution in [-0.4, -0.2) is 93.7 Å². The first-order valence-electron chi connectivity index (χ1n) is 10.8. The zero-order valence-electron chi connectivity index (χ0n) is 18.7. The number of guanidine groups is 1. The van der Waals surface area contributed by atoms with Crippen molar-refractivity contribution >= 4 is 48.2 Å². The molecule has 192 valence electrons. The topological polar surface area (TPSA) is 244 Å². The average molecular weight is 504 g/mol. The molecule has 1 heterocycles. The van der Waals surface area contributed by atoms with Crippen LogP contribution >= 0.6 is 12.6 Å². The minimum Gasteiger partial charge on any atom is -0.481 e. The van der Waals surface area contributed by atoms with Gasteiger partial charge in [0.1, 0.15) is 18.1 Å². The number of likely N-dealkylation sites (tertiary alicyclic amines) is 1. The molecule has 0 radical (unpaired) electrons. The highest BCUT2D eigenvalue weighted by molar-refractivity contribution is 7.80. The van der Waals surface area contributed by atoms with Crippen molar-refractivity contribution in [3.63, 3.8) is 0 Å². The van der Waals surface area contributed by atoms with E-state index in [1.165, 1.54) is 4.90 Å². The number of rotatable bonds is 14. The number of nitrogens with one attached hydrogen (secondary N) is 2. The Morgan fingerprint density at radius 1 is 1.09 bits per heavy atom. The first-order chi connectivity index (χ1) is 16.0. The molecule has 1 aliphatic heterocycles. The van der Waals surface area contributed by atoms with Crippen molar-refractivity contribution in [3.05, 3.63) is 0 Å². The highest BCUT2D eigenvalue weighted by Gasteiger charge is 2.38. The number of nitrogens with two attached hydrogens (primary N) is 3. The second-order valence-electron chi connectivity index (χ2n) is 7.82. The summed E-state index contributed by atoms with van der Waals surface area (Å²) >= 11 is 3.92. The van der Waals surface area contributed by atoms with Crippen molar-refractivity contribution in [2.24, 2.45) is 22.2 Å². The molecule has 0 bridgehead atoms. The average Bonchev–Trinajstić information content (AvgIpc) is 3.26. The summed E-state index contributed by atoms with van der Waals surface area (Å²) < 4.78 is 0. The van der Waals surface area contributed by atoms with Gasteiger partial charge in [-0.05, 0) is 32.1 Å². The Hall–Kier alpha value is -3.07. The molecule has 4 unspecified atom stereocenters. The summed E-state index contributed by atoms with van der Waals surface area (Å²) in [6, 6.07) is -4.33. The molecular formula is C19H33N7O7S. The first-order valence-corrected chi connectivity index (χ1v) is 11.4. The zero-order chi connectivity index (χ0) is 25.8. The maximum absolute atomic E-state index is 13.3. The summed E-state index contributed by atoms with van der Waals surface area (Å²) in [5, 5.41) is 22.8. The van der Waals surface area contributed by atoms with E-state index in [4.69, 9.17) is 27.4 Å². The van der Waals surface area contributed by atoms with Crippen LogP contribution in [0, 0.1) is 0 Å². The van der Waals surface area contributed by atoms with E-state index in [9.17, 15) is 24.0 Å². The van der Waals surface area contributed by atoms with Crippen molar-refractivity contribution < 1.29 is 34.2 Å². The summed E-state index contributed by atoms with van der Waals surface area (Å²) in [5.74, 6) is -4.49. The molecule has 0 aromatic rings. The van der Waals surface area contributed by atoms with Crippen molar-refractivity contribution in [2.45, 2.75) is 62.7 Å². The fourth-order valence-electron chi connectivity index (χ4n) is 3.41. The van der Waals surface area contributed by atoms with Crippen LogP contribution in [0.5, 0.6) is 0 Å². The normalized spacial score (nSPS) is 17.8. The lowest BCUT2D eigenvalue weighted by atomic mass is 10.1. The third-order valence-corrected chi connectivity index (χ3v) is 5.57. The number of hydrogen-bond acceptors (Lipinski definition) is 8. The number of carbonyl (C=O) groups is 5. The smallest absolute Gasteiger partial charge is 0.327 e. The zero-order valence-corrected chi connectivity index (χ0v) is 19.6. The Labute approximate surface area is 202 Å². The van der Waals surface area contributed by atoms with E-state index in [1.807, 2.05) is 0 Å². The van der Waals surface area contributed by atoms with Crippen LogP contribution in [0.3, 0.4) is 0 Å². The fraction of sp³-hybridized carbons (Fsp3) is 0.684. The molecule has 10 N–H and O–H groups in total. The minimum atomic E-state index is -1.25. The number of carboxylic acid groups (broad SMARTS) is 2. The van der Waals surface area contributed by atoms with Crippen LogP contribution in [0.25, 0.3) is 0 Å². The van der Waals surface area contributed by atoms with Gasteiger partial charge in [0.25, 0.3) is 0 Å². The summed E-state index contributed by atoms with van der Waals surface area (Å²) in [6.45, 7) is 0.431. The molecule has 34 heavy (non-hydrogen) atoms. The maximum atomic E-state index is 13.3. The van der Waals surface area contributed by atoms with Crippen LogP contribution in [0.2, 0.25) is 0 Å². The Bertz CT molecular complexity index is 791. The number of aliphatic imine (C=N–C) groups is 1. The van der Waals surface area contributed by atoms with Gasteiger partial charge in [0.05, 0.1) is 6.04 Å². The van der Waals surface area contributed by atoms with Crippen LogP contribution in [0.15, 0.2) is 4.99 Å². The molecule has 0 aliphatic carbocycles. The van der Waals surface area contributed by atoms with Gasteiger partial charge in [-0.3, -0.25) is 24.2 Å². The largest absolute Gasteiger partial charge is 0.481 e. The van der Waals surface area contributed by atoms with Gasteiger partial charge in [-0.2, -0.15) is 12.6 Å². The van der Waals surface area contributed by atoms with E-state index >= 15 is 0 Å². The van der Waals surface area contributed by atoms with Gasteiger partial charge in [-0.15, -0.1) is 0 Å². The lowest BCUT2D eigenvalue weighted by molar-refractivity contribution is -0.144. The van der Waals surface area contributed by atoms with Gasteiger partial charge in [-0.1, -0.05) is 0 Å². The number of aliphatic carboxylic acids is 2. The number of hydrogen-bond donors (Lipinski definition) is 8. The van der Waals surface area contributed by atoms with Crippen molar-refractivity contribution in [1.82, 2.24) is 15.5 Å². The predicted octanol–water partition coefficient (Wildman–Crippen LogP) is -2.79. The SMILES string of the molecule is NC(N)=NCCCC(NC(=O)C(N)CCC(=O)O)C(=O)N1CCCC1C(=O)NC(CS)C(=O)O. The van der Waals surface area contributed by atoms with Crippen LogP contribution < -0.4 is 27.8 Å². The summed E-state index contributed by atoms with van der Waals surface area (Å²) in [7, 11) is 0. The third kappa shape index (κ3) is 9.43. The molecule has 14 nitrogen and oxygen atoms in total. The maximum Gasteiger partial charge on any atom is 0.327 e. The van der Waals surface area contributed by atoms with Crippen LogP contribution in [0.4, 0.5) is 0 Å². The Balaban J connectivity index is 2.95. The quantitative estimate of drug-likeness (QED) is 0.0524. The van der Waals surface area contributed by atoms with Crippen molar-refractivity contribution in [2.75, 3.05) is 18.8 Å². The molecule has 4 atom stereocenters. The molecule has 1 fully saturated rings. The molecule has 0 aromatic heterocycles. The molecule has 1 aliphatic rings. The van der Waals surface area contributed by atoms with E-state index in [0.717, 1.165) is 0 Å². The van der Waals surface area contributed by atoms with Crippen molar-refractivity contribution in [1.29, 1.82) is 0 Å². The standard InChI is InChI=1S/C19H33N7O7S/c20-10(5-6-14(27)28)15(29)24-11(3-1-7-23-19(21)22)17(31)26-8-2-4-13(26)16(30)25-12(9-34)18(32)33/h10-13,34H,1-9,20H2,(H,24,29)(H,25,30)(H,27,28)(H,32,33)(H4,21,22,23). The fourth-order valence-corrected chi connectivity index (χ4v) is 3.65. The molecule has 1 saturated heterocycles. The third-order valence-electron chi connectivity index (χ3n) is 5.20. The highest BCUT2D eigenvalue weighted by Crippen LogP contribution is 2.20. The number of carbonyl (C=O) groups excluding carboxylic acids is 3. The van der Waals surface area contributed by atoms with E-state index < -0.39 is 53.8 Å². The Morgan fingerprint density at radius 3 is 2.32 bits per heavy atom. The Kier molecular flexibility index (Phi) is 12.1. The van der Waals surface area contributed by atoms with Crippen molar-refractivity contribution in [3.8, 4) is 0 Å². The van der Waals surface area contributed by atoms with E-state index in [1.54, 1.807) is 0 Å². The van der Waals surface area contributed by atoms with Crippen LogP contribution in [-0.2, 0) is 24.0 Å². The molecule has 1 rings (SSSR count). The van der Waals surface area contributed by atoms with E-state index in [-0.39, 0.29) is 44.1 Å². The summed E-state index contributed by atoms with van der Waals surface area (Å²) in [6.07, 6.45) is 0.849. The number of amides is 3. The van der Waals surface area contributed by atoms with Gasteiger partial charge >= 0.3 is 11.9 Å². The number of thiol groups is 1.